The van der Waals surface area contributed by atoms with Crippen LogP contribution in [0, 0.1) is 0 Å². The van der Waals surface area contributed by atoms with Gasteiger partial charge in [-0.1, -0.05) is 0 Å². The van der Waals surface area contributed by atoms with Gasteiger partial charge in [0.05, 0.1) is 0 Å². The summed E-state index contributed by atoms with van der Waals surface area (Å²) < 4.78 is 5.38. The summed E-state index contributed by atoms with van der Waals surface area (Å²) in [5.41, 5.74) is 1.34. The number of nitrogens with zero attached hydrogens (tertiary/aromatic N) is 4. The van der Waals surface area contributed by atoms with Crippen molar-refractivity contribution in [2.75, 3.05) is 32.1 Å². The Morgan fingerprint density at radius 1 is 1.40 bits per heavy atom. The molecule has 2 aromatic rings. The van der Waals surface area contributed by atoms with Gasteiger partial charge in [0.25, 0.3) is 5.95 Å². The number of aromatic nitrogens is 3. The standard InChI is InChI=1S/C14H21N5O/c1-18(2)14-16-13(20-17-14)12-4-7-19(8-5-12)10-11-3-6-15-9-11/h3,6,9,12,15H,4-5,7-8,10H2,1-2H3. The quantitative estimate of drug-likeness (QED) is 0.922. The molecule has 3 rings (SSSR count). The van der Waals surface area contributed by atoms with Gasteiger partial charge in [-0.2, -0.15) is 4.98 Å². The zero-order valence-corrected chi connectivity index (χ0v) is 12.0. The maximum atomic E-state index is 5.38. The fourth-order valence-electron chi connectivity index (χ4n) is 2.63. The Kier molecular flexibility index (Phi) is 3.73. The minimum atomic E-state index is 0.402. The van der Waals surface area contributed by atoms with Crippen LogP contribution >= 0.6 is 0 Å². The fourth-order valence-corrected chi connectivity index (χ4v) is 2.63. The molecule has 108 valence electrons. The van der Waals surface area contributed by atoms with Gasteiger partial charge in [0.15, 0.2) is 0 Å². The molecule has 0 aromatic carbocycles. The smallest absolute Gasteiger partial charge is 0.265 e. The molecule has 6 nitrogen and oxygen atoms in total. The Morgan fingerprint density at radius 2 is 2.20 bits per heavy atom. The highest BCUT2D eigenvalue weighted by atomic mass is 16.5. The fraction of sp³-hybridized carbons (Fsp3) is 0.571. The molecule has 20 heavy (non-hydrogen) atoms. The Labute approximate surface area is 118 Å². The Hall–Kier alpha value is -1.82. The second-order valence-electron chi connectivity index (χ2n) is 5.60. The third kappa shape index (κ3) is 2.85. The van der Waals surface area contributed by atoms with E-state index in [1.54, 1.807) is 0 Å². The van der Waals surface area contributed by atoms with Crippen LogP contribution in [0.4, 0.5) is 5.95 Å². The topological polar surface area (TPSA) is 61.2 Å². The number of piperidine rings is 1. The van der Waals surface area contributed by atoms with E-state index in [-0.39, 0.29) is 0 Å². The maximum Gasteiger partial charge on any atom is 0.265 e. The average molecular weight is 275 g/mol. The van der Waals surface area contributed by atoms with Crippen LogP contribution < -0.4 is 4.90 Å². The largest absolute Gasteiger partial charge is 0.367 e. The number of rotatable bonds is 4. The summed E-state index contributed by atoms with van der Waals surface area (Å²) in [4.78, 5) is 11.9. The van der Waals surface area contributed by atoms with Crippen molar-refractivity contribution in [1.29, 1.82) is 0 Å². The van der Waals surface area contributed by atoms with Gasteiger partial charge in [-0.3, -0.25) is 4.90 Å². The zero-order chi connectivity index (χ0) is 13.9. The van der Waals surface area contributed by atoms with Crippen LogP contribution in [0.2, 0.25) is 0 Å². The molecule has 0 radical (unpaired) electrons. The van der Waals surface area contributed by atoms with Crippen molar-refractivity contribution >= 4 is 5.95 Å². The van der Waals surface area contributed by atoms with Crippen LogP contribution in [0.15, 0.2) is 23.0 Å². The Morgan fingerprint density at radius 3 is 2.80 bits per heavy atom. The lowest BCUT2D eigenvalue weighted by molar-refractivity contribution is 0.188. The van der Waals surface area contributed by atoms with Gasteiger partial charge in [-0.15, -0.1) is 0 Å². The summed E-state index contributed by atoms with van der Waals surface area (Å²) in [5, 5.41) is 3.99. The first-order valence-corrected chi connectivity index (χ1v) is 7.07. The third-order valence-corrected chi connectivity index (χ3v) is 3.84. The molecular formula is C14H21N5O. The summed E-state index contributed by atoms with van der Waals surface area (Å²) >= 11 is 0. The molecule has 1 aliphatic heterocycles. The molecule has 6 heteroatoms. The van der Waals surface area contributed by atoms with E-state index in [0.717, 1.165) is 38.4 Å². The summed E-state index contributed by atoms with van der Waals surface area (Å²) in [6.45, 7) is 3.17. The van der Waals surface area contributed by atoms with Gasteiger partial charge in [-0.05, 0) is 42.7 Å². The van der Waals surface area contributed by atoms with Gasteiger partial charge in [0.1, 0.15) is 0 Å². The molecule has 1 aliphatic rings. The van der Waals surface area contributed by atoms with Crippen LogP contribution in [0.25, 0.3) is 0 Å². The van der Waals surface area contributed by atoms with Gasteiger partial charge < -0.3 is 14.4 Å². The first kappa shape index (κ1) is 13.2. The number of nitrogens with one attached hydrogen (secondary N) is 1. The molecule has 1 N–H and O–H groups in total. The Bertz CT molecular complexity index is 526. The first-order chi connectivity index (χ1) is 9.72. The number of hydrogen-bond donors (Lipinski definition) is 1. The molecule has 0 spiro atoms. The molecule has 0 saturated carbocycles. The van der Waals surface area contributed by atoms with Crippen molar-refractivity contribution in [1.82, 2.24) is 20.0 Å². The lowest BCUT2D eigenvalue weighted by Crippen LogP contribution is -2.32. The van der Waals surface area contributed by atoms with Crippen LogP contribution in [0.1, 0.15) is 30.2 Å². The van der Waals surface area contributed by atoms with Gasteiger partial charge >= 0.3 is 0 Å². The van der Waals surface area contributed by atoms with Gasteiger partial charge in [0.2, 0.25) is 5.89 Å². The normalized spacial score (nSPS) is 17.5. The molecule has 0 atom stereocenters. The average Bonchev–Trinajstić information content (AvgIpc) is 3.10. The van der Waals surface area contributed by atoms with E-state index in [4.69, 9.17) is 4.52 Å². The minimum absolute atomic E-state index is 0.402. The number of H-pyrrole nitrogens is 1. The number of anilines is 1. The molecule has 0 amide bonds. The van der Waals surface area contributed by atoms with Crippen molar-refractivity contribution in [3.05, 3.63) is 29.9 Å². The number of aromatic amines is 1. The highest BCUT2D eigenvalue weighted by Crippen LogP contribution is 2.28. The molecule has 0 unspecified atom stereocenters. The van der Waals surface area contributed by atoms with Gasteiger partial charge in [-0.25, -0.2) is 0 Å². The van der Waals surface area contributed by atoms with Crippen molar-refractivity contribution in [3.63, 3.8) is 0 Å². The highest BCUT2D eigenvalue weighted by Gasteiger charge is 2.25. The molecule has 1 fully saturated rings. The van der Waals surface area contributed by atoms with Gasteiger partial charge in [0, 0.05) is 39.0 Å². The van der Waals surface area contributed by atoms with Crippen molar-refractivity contribution in [3.8, 4) is 0 Å². The number of likely N-dealkylation sites (tertiary alicyclic amines) is 1. The van der Waals surface area contributed by atoms with E-state index in [1.165, 1.54) is 5.56 Å². The maximum absolute atomic E-state index is 5.38. The molecule has 0 aliphatic carbocycles. The van der Waals surface area contributed by atoms with Crippen molar-refractivity contribution < 1.29 is 4.52 Å². The lowest BCUT2D eigenvalue weighted by atomic mass is 9.96. The summed E-state index contributed by atoms with van der Waals surface area (Å²) in [6.07, 6.45) is 6.20. The van der Waals surface area contributed by atoms with Crippen molar-refractivity contribution in [2.45, 2.75) is 25.3 Å². The van der Waals surface area contributed by atoms with E-state index in [1.807, 2.05) is 25.2 Å². The monoisotopic (exact) mass is 275 g/mol. The molecule has 2 aromatic heterocycles. The SMILES string of the molecule is CN(C)c1noc(C2CCN(Cc3cc[nH]c3)CC2)n1. The second-order valence-corrected chi connectivity index (χ2v) is 5.60. The van der Waals surface area contributed by atoms with E-state index in [0.29, 0.717) is 11.9 Å². The predicted molar refractivity (Wildman–Crippen MR) is 76.7 cm³/mol. The molecular weight excluding hydrogens is 254 g/mol. The summed E-state index contributed by atoms with van der Waals surface area (Å²) in [6, 6.07) is 2.13. The van der Waals surface area contributed by atoms with Crippen LogP contribution in [-0.2, 0) is 6.54 Å². The van der Waals surface area contributed by atoms with E-state index in [9.17, 15) is 0 Å². The van der Waals surface area contributed by atoms with Crippen LogP contribution in [-0.4, -0.2) is 47.2 Å². The highest BCUT2D eigenvalue weighted by molar-refractivity contribution is 5.24. The lowest BCUT2D eigenvalue weighted by Gasteiger charge is -2.29. The van der Waals surface area contributed by atoms with E-state index < -0.39 is 0 Å². The summed E-state index contributed by atoms with van der Waals surface area (Å²) in [5.74, 6) is 1.85. The number of hydrogen-bond acceptors (Lipinski definition) is 5. The van der Waals surface area contributed by atoms with E-state index in [2.05, 4.69) is 32.3 Å². The molecule has 0 bridgehead atoms. The predicted octanol–water partition coefficient (Wildman–Crippen LogP) is 1.84. The van der Waals surface area contributed by atoms with Crippen molar-refractivity contribution in [2.24, 2.45) is 0 Å². The third-order valence-electron chi connectivity index (χ3n) is 3.84. The van der Waals surface area contributed by atoms with Crippen LogP contribution in [0.3, 0.4) is 0 Å². The Balaban J connectivity index is 1.55. The minimum Gasteiger partial charge on any atom is -0.367 e. The first-order valence-electron chi connectivity index (χ1n) is 7.07. The second kappa shape index (κ2) is 5.66. The van der Waals surface area contributed by atoms with Crippen LogP contribution in [0.5, 0.6) is 0 Å². The van der Waals surface area contributed by atoms with E-state index >= 15 is 0 Å². The molecule has 1 saturated heterocycles. The molecule has 3 heterocycles. The zero-order valence-electron chi connectivity index (χ0n) is 12.0. The summed E-state index contributed by atoms with van der Waals surface area (Å²) in [7, 11) is 3.85.